The Morgan fingerprint density at radius 3 is 2.23 bits per heavy atom. The fourth-order valence-electron chi connectivity index (χ4n) is 3.71. The number of carboxylic acids is 1. The molecular weight excluding hydrogens is 326 g/mol. The summed E-state index contributed by atoms with van der Waals surface area (Å²) < 4.78 is 0. The van der Waals surface area contributed by atoms with Gasteiger partial charge in [-0.15, -0.1) is 0 Å². The third-order valence-corrected chi connectivity index (χ3v) is 5.30. The first kappa shape index (κ1) is 18.3. The van der Waals surface area contributed by atoms with Crippen molar-refractivity contribution in [1.29, 1.82) is 0 Å². The molecule has 2 fully saturated rings. The molecule has 136 valence electrons. The summed E-state index contributed by atoms with van der Waals surface area (Å²) in [7, 11) is 0. The molecule has 2 aliphatic rings. The molecule has 0 saturated heterocycles. The maximum Gasteiger partial charge on any atom is 0.307 e. The Hall–Kier alpha value is -2.46. The lowest BCUT2D eigenvalue weighted by Crippen LogP contribution is -2.17. The van der Waals surface area contributed by atoms with E-state index in [1.807, 2.05) is 12.1 Å². The highest BCUT2D eigenvalue weighted by molar-refractivity contribution is 5.94. The monoisotopic (exact) mass is 351 g/mol. The molecule has 4 atom stereocenters. The number of aliphatic carboxylic acids is 1. The highest BCUT2D eigenvalue weighted by Gasteiger charge is 2.61. The van der Waals surface area contributed by atoms with Crippen LogP contribution in [0.1, 0.15) is 36.9 Å². The van der Waals surface area contributed by atoms with Crippen molar-refractivity contribution in [1.82, 2.24) is 5.32 Å². The molecule has 0 bridgehead atoms. The number of Topliss-reactive ketones (excluding diaryl/α,β-unsaturated/α-hetero) is 1. The van der Waals surface area contributed by atoms with Crippen molar-refractivity contribution in [3.63, 3.8) is 0 Å². The maximum atomic E-state index is 10.9. The number of fused-ring (bicyclic) bond motifs is 1. The molecule has 4 heteroatoms. The van der Waals surface area contributed by atoms with E-state index in [1.165, 1.54) is 11.1 Å². The third-order valence-electron chi connectivity index (χ3n) is 5.30. The lowest BCUT2D eigenvalue weighted by molar-refractivity contribution is -0.140. The molecule has 0 amide bonds. The molecule has 3 unspecified atom stereocenters. The minimum Gasteiger partial charge on any atom is -0.481 e. The van der Waals surface area contributed by atoms with E-state index in [9.17, 15) is 9.59 Å². The Balaban J connectivity index is 0.000000167. The lowest BCUT2D eigenvalue weighted by Gasteiger charge is -2.14. The molecule has 2 N–H and O–H groups in total. The number of nitrogens with one attached hydrogen (secondary N) is 1. The van der Waals surface area contributed by atoms with Gasteiger partial charge in [0, 0.05) is 24.9 Å². The molecule has 0 radical (unpaired) electrons. The van der Waals surface area contributed by atoms with E-state index in [0.29, 0.717) is 12.5 Å². The second-order valence-electron chi connectivity index (χ2n) is 7.06. The van der Waals surface area contributed by atoms with Crippen LogP contribution in [-0.4, -0.2) is 16.9 Å². The average molecular weight is 351 g/mol. The van der Waals surface area contributed by atoms with Crippen LogP contribution in [0.4, 0.5) is 0 Å². The van der Waals surface area contributed by atoms with E-state index in [2.05, 4.69) is 60.8 Å². The molecule has 0 heterocycles. The zero-order valence-electron chi connectivity index (χ0n) is 15.0. The van der Waals surface area contributed by atoms with Gasteiger partial charge in [-0.05, 0) is 30.4 Å². The topological polar surface area (TPSA) is 66.4 Å². The minimum atomic E-state index is -0.789. The van der Waals surface area contributed by atoms with Crippen LogP contribution in [0.3, 0.4) is 0 Å². The summed E-state index contributed by atoms with van der Waals surface area (Å²) >= 11 is 0. The number of hydrogen-bond donors (Lipinski definition) is 2. The van der Waals surface area contributed by atoms with E-state index in [0.717, 1.165) is 13.0 Å². The summed E-state index contributed by atoms with van der Waals surface area (Å²) in [5, 5.41) is 12.0. The van der Waals surface area contributed by atoms with Crippen LogP contribution in [0.25, 0.3) is 0 Å². The lowest BCUT2D eigenvalue weighted by atomic mass is 10.1. The number of carbonyl (C=O) groups excluding carboxylic acids is 1. The summed E-state index contributed by atoms with van der Waals surface area (Å²) in [4.78, 5) is 21.2. The molecule has 2 saturated carbocycles. The zero-order valence-corrected chi connectivity index (χ0v) is 15.0. The summed E-state index contributed by atoms with van der Waals surface area (Å²) in [6.07, 6.45) is 1.42. The van der Waals surface area contributed by atoms with Gasteiger partial charge in [0.25, 0.3) is 0 Å². The normalized spacial score (nSPS) is 24.2. The van der Waals surface area contributed by atoms with E-state index in [4.69, 9.17) is 5.11 Å². The molecule has 2 aliphatic carbocycles. The van der Waals surface area contributed by atoms with Crippen LogP contribution in [0, 0.1) is 17.8 Å². The summed E-state index contributed by atoms with van der Waals surface area (Å²) in [6.45, 7) is 3.11. The van der Waals surface area contributed by atoms with Gasteiger partial charge >= 0.3 is 5.97 Å². The molecule has 0 spiro atoms. The molecule has 0 aliphatic heterocycles. The Labute approximate surface area is 154 Å². The highest BCUT2D eigenvalue weighted by Crippen LogP contribution is 2.55. The summed E-state index contributed by atoms with van der Waals surface area (Å²) in [5.41, 5.74) is 2.66. The standard InChI is InChI=1S/C15H17N.C7H8O3/c1-13(15-10-6-3-7-11-15)16-12-14-8-4-2-5-9-14;8-4-2-1-3-5(4)6(3)7(9)10/h2-11,13,16H,12H2,1H3;3,5-6H,1-2H2,(H,9,10)/t;3?,5?,6-/m.0/s1. The molecule has 2 aromatic rings. The number of carboxylic acid groups (broad SMARTS) is 1. The molecule has 2 aromatic carbocycles. The zero-order chi connectivity index (χ0) is 18.5. The second kappa shape index (κ2) is 8.28. The smallest absolute Gasteiger partial charge is 0.307 e. The van der Waals surface area contributed by atoms with Gasteiger partial charge in [0.15, 0.2) is 0 Å². The van der Waals surface area contributed by atoms with E-state index in [1.54, 1.807) is 0 Å². The van der Waals surface area contributed by atoms with Crippen molar-refractivity contribution in [3.05, 3.63) is 71.8 Å². The molecule has 4 rings (SSSR count). The highest BCUT2D eigenvalue weighted by atomic mass is 16.4. The van der Waals surface area contributed by atoms with Gasteiger partial charge in [0.1, 0.15) is 5.78 Å². The fraction of sp³-hybridized carbons (Fsp3) is 0.364. The van der Waals surface area contributed by atoms with Crippen LogP contribution in [0.15, 0.2) is 60.7 Å². The van der Waals surface area contributed by atoms with Gasteiger partial charge < -0.3 is 10.4 Å². The van der Waals surface area contributed by atoms with Gasteiger partial charge in [-0.1, -0.05) is 60.7 Å². The van der Waals surface area contributed by atoms with Crippen LogP contribution >= 0.6 is 0 Å². The van der Waals surface area contributed by atoms with E-state index >= 15 is 0 Å². The first-order chi connectivity index (χ1) is 12.6. The Bertz CT molecular complexity index is 740. The molecule has 4 nitrogen and oxygen atoms in total. The predicted octanol–water partition coefficient (Wildman–Crippen LogP) is 3.83. The van der Waals surface area contributed by atoms with Gasteiger partial charge in [0.05, 0.1) is 5.92 Å². The molecular formula is C22H25NO3. The predicted molar refractivity (Wildman–Crippen MR) is 100 cm³/mol. The summed E-state index contributed by atoms with van der Waals surface area (Å²) in [6, 6.07) is 21.4. The Morgan fingerprint density at radius 1 is 1.12 bits per heavy atom. The van der Waals surface area contributed by atoms with Crippen molar-refractivity contribution < 1.29 is 14.7 Å². The number of benzene rings is 2. The number of ketones is 1. The van der Waals surface area contributed by atoms with Crippen molar-refractivity contribution in [2.75, 3.05) is 0 Å². The molecule has 0 aromatic heterocycles. The Kier molecular flexibility index (Phi) is 5.84. The van der Waals surface area contributed by atoms with Gasteiger partial charge in [0.2, 0.25) is 0 Å². The van der Waals surface area contributed by atoms with Gasteiger partial charge in [-0.3, -0.25) is 9.59 Å². The van der Waals surface area contributed by atoms with Crippen molar-refractivity contribution in [2.24, 2.45) is 17.8 Å². The Morgan fingerprint density at radius 2 is 1.73 bits per heavy atom. The molecule has 26 heavy (non-hydrogen) atoms. The fourth-order valence-corrected chi connectivity index (χ4v) is 3.71. The second-order valence-corrected chi connectivity index (χ2v) is 7.06. The largest absolute Gasteiger partial charge is 0.481 e. The van der Waals surface area contributed by atoms with Crippen LogP contribution in [-0.2, 0) is 16.1 Å². The first-order valence-corrected chi connectivity index (χ1v) is 9.15. The van der Waals surface area contributed by atoms with Crippen molar-refractivity contribution >= 4 is 11.8 Å². The first-order valence-electron chi connectivity index (χ1n) is 9.15. The van der Waals surface area contributed by atoms with Gasteiger partial charge in [-0.2, -0.15) is 0 Å². The number of carbonyl (C=O) groups is 2. The number of rotatable bonds is 5. The third kappa shape index (κ3) is 4.38. The number of hydrogen-bond acceptors (Lipinski definition) is 3. The van der Waals surface area contributed by atoms with Gasteiger partial charge in [-0.25, -0.2) is 0 Å². The minimum absolute atomic E-state index is 0.0995. The van der Waals surface area contributed by atoms with Crippen LogP contribution in [0.2, 0.25) is 0 Å². The van der Waals surface area contributed by atoms with Crippen LogP contribution < -0.4 is 5.32 Å². The van der Waals surface area contributed by atoms with Crippen LogP contribution in [0.5, 0.6) is 0 Å². The average Bonchev–Trinajstić information content (AvgIpc) is 3.30. The van der Waals surface area contributed by atoms with E-state index < -0.39 is 5.97 Å². The van der Waals surface area contributed by atoms with E-state index in [-0.39, 0.29) is 23.5 Å². The maximum absolute atomic E-state index is 10.9. The van der Waals surface area contributed by atoms with Crippen molar-refractivity contribution in [2.45, 2.75) is 32.4 Å². The SMILES string of the molecule is CC(NCc1ccccc1)c1ccccc1.O=C1CCC2C1[C@H]2C(=O)O. The quantitative estimate of drug-likeness (QED) is 0.859. The summed E-state index contributed by atoms with van der Waals surface area (Å²) in [5.74, 6) is -0.843. The van der Waals surface area contributed by atoms with Crippen molar-refractivity contribution in [3.8, 4) is 0 Å².